The molecule has 0 radical (unpaired) electrons. The van der Waals surface area contributed by atoms with Gasteiger partial charge in [0.05, 0.1) is 24.2 Å². The van der Waals surface area contributed by atoms with Gasteiger partial charge < -0.3 is 5.32 Å². The number of carbonyl (C=O) groups is 3. The van der Waals surface area contributed by atoms with Crippen molar-refractivity contribution in [3.05, 3.63) is 30.3 Å². The van der Waals surface area contributed by atoms with Crippen molar-refractivity contribution in [2.24, 2.45) is 0 Å². The Hall–Kier alpha value is -2.21. The monoisotopic (exact) mass is 301 g/mol. The molecule has 6 nitrogen and oxygen atoms in total. The van der Waals surface area contributed by atoms with Gasteiger partial charge in [0.15, 0.2) is 0 Å². The van der Waals surface area contributed by atoms with E-state index in [1.807, 2.05) is 6.07 Å². The predicted molar refractivity (Wildman–Crippen MR) is 81.1 cm³/mol. The predicted octanol–water partition coefficient (Wildman–Crippen LogP) is 0.577. The van der Waals surface area contributed by atoms with Gasteiger partial charge in [0.1, 0.15) is 0 Å². The van der Waals surface area contributed by atoms with Gasteiger partial charge in [0.25, 0.3) is 5.91 Å². The SMILES string of the molecule is O=C1NCCCC[C@@H]1N[C@H]1CC(=O)N(c2ccccc2)C1=O. The van der Waals surface area contributed by atoms with Crippen LogP contribution in [0.3, 0.4) is 0 Å². The second kappa shape index (κ2) is 6.27. The number of anilines is 1. The number of carbonyl (C=O) groups excluding carboxylic acids is 3. The molecule has 0 unspecified atom stereocenters. The van der Waals surface area contributed by atoms with E-state index in [-0.39, 0.29) is 24.1 Å². The highest BCUT2D eigenvalue weighted by Gasteiger charge is 2.41. The molecule has 2 atom stereocenters. The number of hydrogen-bond acceptors (Lipinski definition) is 4. The summed E-state index contributed by atoms with van der Waals surface area (Å²) in [6, 6.07) is 7.85. The summed E-state index contributed by atoms with van der Waals surface area (Å²) in [6.45, 7) is 0.671. The second-order valence-corrected chi connectivity index (χ2v) is 5.67. The van der Waals surface area contributed by atoms with Crippen molar-refractivity contribution in [2.45, 2.75) is 37.8 Å². The Morgan fingerprint density at radius 2 is 1.82 bits per heavy atom. The van der Waals surface area contributed by atoms with E-state index in [0.717, 1.165) is 12.8 Å². The van der Waals surface area contributed by atoms with E-state index in [0.29, 0.717) is 18.7 Å². The maximum Gasteiger partial charge on any atom is 0.251 e. The molecule has 2 heterocycles. The fourth-order valence-corrected chi connectivity index (χ4v) is 2.95. The van der Waals surface area contributed by atoms with E-state index >= 15 is 0 Å². The van der Waals surface area contributed by atoms with Crippen molar-refractivity contribution < 1.29 is 14.4 Å². The van der Waals surface area contributed by atoms with Crippen molar-refractivity contribution in [3.63, 3.8) is 0 Å². The Balaban J connectivity index is 1.72. The summed E-state index contributed by atoms with van der Waals surface area (Å²) >= 11 is 0. The highest BCUT2D eigenvalue weighted by atomic mass is 16.2. The fourth-order valence-electron chi connectivity index (χ4n) is 2.95. The summed E-state index contributed by atoms with van der Waals surface area (Å²) in [5, 5.41) is 5.89. The van der Waals surface area contributed by atoms with E-state index < -0.39 is 12.1 Å². The van der Waals surface area contributed by atoms with E-state index in [1.165, 1.54) is 4.90 Å². The molecule has 0 aliphatic carbocycles. The Labute approximate surface area is 128 Å². The van der Waals surface area contributed by atoms with Gasteiger partial charge in [-0.3, -0.25) is 19.7 Å². The van der Waals surface area contributed by atoms with E-state index in [1.54, 1.807) is 24.3 Å². The van der Waals surface area contributed by atoms with Crippen molar-refractivity contribution in [1.29, 1.82) is 0 Å². The van der Waals surface area contributed by atoms with Crippen LogP contribution in [0.4, 0.5) is 5.69 Å². The number of amides is 3. The molecule has 3 rings (SSSR count). The van der Waals surface area contributed by atoms with Crippen molar-refractivity contribution in [2.75, 3.05) is 11.4 Å². The molecule has 6 heteroatoms. The molecule has 1 aromatic carbocycles. The molecule has 2 fully saturated rings. The fraction of sp³-hybridized carbons (Fsp3) is 0.438. The third kappa shape index (κ3) is 2.87. The smallest absolute Gasteiger partial charge is 0.251 e. The summed E-state index contributed by atoms with van der Waals surface area (Å²) < 4.78 is 0. The van der Waals surface area contributed by atoms with Gasteiger partial charge in [0.2, 0.25) is 11.8 Å². The van der Waals surface area contributed by atoms with Gasteiger partial charge in [0, 0.05) is 6.54 Å². The van der Waals surface area contributed by atoms with Crippen LogP contribution in [0.1, 0.15) is 25.7 Å². The van der Waals surface area contributed by atoms with Crippen LogP contribution in [0.25, 0.3) is 0 Å². The molecule has 0 bridgehead atoms. The zero-order valence-electron chi connectivity index (χ0n) is 12.2. The van der Waals surface area contributed by atoms with Crippen molar-refractivity contribution in [1.82, 2.24) is 10.6 Å². The van der Waals surface area contributed by atoms with Crippen LogP contribution in [0.15, 0.2) is 30.3 Å². The molecule has 1 aromatic rings. The summed E-state index contributed by atoms with van der Waals surface area (Å²) in [5.41, 5.74) is 0.576. The lowest BCUT2D eigenvalue weighted by Gasteiger charge is -2.19. The van der Waals surface area contributed by atoms with Gasteiger partial charge in [-0.2, -0.15) is 0 Å². The van der Waals surface area contributed by atoms with Gasteiger partial charge >= 0.3 is 0 Å². The molecule has 22 heavy (non-hydrogen) atoms. The molecule has 0 spiro atoms. The molecule has 2 N–H and O–H groups in total. The maximum atomic E-state index is 12.5. The number of nitrogens with zero attached hydrogens (tertiary/aromatic N) is 1. The molecule has 2 aliphatic heterocycles. The largest absolute Gasteiger partial charge is 0.355 e. The van der Waals surface area contributed by atoms with Crippen molar-refractivity contribution in [3.8, 4) is 0 Å². The first-order valence-electron chi connectivity index (χ1n) is 7.62. The van der Waals surface area contributed by atoms with Gasteiger partial charge in [-0.1, -0.05) is 18.2 Å². The summed E-state index contributed by atoms with van der Waals surface area (Å²) in [4.78, 5) is 37.8. The molecule has 2 saturated heterocycles. The average molecular weight is 301 g/mol. The first kappa shape index (κ1) is 14.7. The highest BCUT2D eigenvalue weighted by molar-refractivity contribution is 6.22. The summed E-state index contributed by atoms with van der Waals surface area (Å²) in [7, 11) is 0. The number of imide groups is 1. The van der Waals surface area contributed by atoms with Crippen LogP contribution in [-0.2, 0) is 14.4 Å². The van der Waals surface area contributed by atoms with Crippen molar-refractivity contribution >= 4 is 23.4 Å². The quantitative estimate of drug-likeness (QED) is 0.800. The zero-order valence-corrected chi connectivity index (χ0v) is 12.2. The van der Waals surface area contributed by atoms with Crippen LogP contribution in [0, 0.1) is 0 Å². The minimum absolute atomic E-state index is 0.0871. The minimum atomic E-state index is -0.624. The molecule has 0 saturated carbocycles. The lowest BCUT2D eigenvalue weighted by atomic mass is 10.1. The Bertz CT molecular complexity index is 588. The first-order chi connectivity index (χ1) is 10.7. The standard InChI is InChI=1S/C16H19N3O3/c20-14-10-13(18-12-8-4-5-9-17-15(12)21)16(22)19(14)11-6-2-1-3-7-11/h1-3,6-7,12-13,18H,4-5,8-10H2,(H,17,21)/t12-,13-/m0/s1. The molecule has 2 aliphatic rings. The molecule has 0 aromatic heterocycles. The zero-order chi connectivity index (χ0) is 15.5. The third-order valence-corrected chi connectivity index (χ3v) is 4.10. The van der Waals surface area contributed by atoms with Gasteiger partial charge in [-0.25, -0.2) is 4.90 Å². The molecule has 116 valence electrons. The van der Waals surface area contributed by atoms with E-state index in [4.69, 9.17) is 0 Å². The van der Waals surface area contributed by atoms with Crippen LogP contribution >= 0.6 is 0 Å². The summed E-state index contributed by atoms with van der Waals surface area (Å²) in [6.07, 6.45) is 2.65. The van der Waals surface area contributed by atoms with Crippen LogP contribution in [-0.4, -0.2) is 36.3 Å². The Morgan fingerprint density at radius 1 is 1.05 bits per heavy atom. The molecular formula is C16H19N3O3. The van der Waals surface area contributed by atoms with E-state index in [2.05, 4.69) is 10.6 Å². The number of para-hydroxylation sites is 1. The Morgan fingerprint density at radius 3 is 2.59 bits per heavy atom. The topological polar surface area (TPSA) is 78.5 Å². The van der Waals surface area contributed by atoms with Gasteiger partial charge in [-0.15, -0.1) is 0 Å². The summed E-state index contributed by atoms with van der Waals surface area (Å²) in [5.74, 6) is -0.605. The first-order valence-corrected chi connectivity index (χ1v) is 7.62. The minimum Gasteiger partial charge on any atom is -0.355 e. The number of hydrogen-bond donors (Lipinski definition) is 2. The number of rotatable bonds is 3. The second-order valence-electron chi connectivity index (χ2n) is 5.67. The lowest BCUT2D eigenvalue weighted by molar-refractivity contribution is -0.123. The van der Waals surface area contributed by atoms with Crippen LogP contribution < -0.4 is 15.5 Å². The maximum absolute atomic E-state index is 12.5. The normalized spacial score (nSPS) is 26.0. The Kier molecular flexibility index (Phi) is 4.20. The van der Waals surface area contributed by atoms with Crippen LogP contribution in [0.2, 0.25) is 0 Å². The van der Waals surface area contributed by atoms with E-state index in [9.17, 15) is 14.4 Å². The lowest BCUT2D eigenvalue weighted by Crippen LogP contribution is -2.50. The molecule has 3 amide bonds. The highest BCUT2D eigenvalue weighted by Crippen LogP contribution is 2.23. The molecular weight excluding hydrogens is 282 g/mol. The number of nitrogens with one attached hydrogen (secondary N) is 2. The number of benzene rings is 1. The van der Waals surface area contributed by atoms with Gasteiger partial charge in [-0.05, 0) is 31.4 Å². The third-order valence-electron chi connectivity index (χ3n) is 4.10. The van der Waals surface area contributed by atoms with Crippen LogP contribution in [0.5, 0.6) is 0 Å². The average Bonchev–Trinajstić information content (AvgIpc) is 2.67.